The number of nitrogens with one attached hydrogen (secondary N) is 1. The topological polar surface area (TPSA) is 128 Å². The molecular formula is C22H31FN6O3. The third-order valence-electron chi connectivity index (χ3n) is 5.80. The maximum absolute atomic E-state index is 15.2. The van der Waals surface area contributed by atoms with Crippen LogP contribution in [0.15, 0.2) is 30.6 Å². The van der Waals surface area contributed by atoms with Crippen molar-refractivity contribution in [2.75, 3.05) is 42.9 Å². The number of nitrogens with zero attached hydrogens (tertiary/aromatic N) is 4. The number of likely N-dealkylation sites (tertiary alicyclic amines) is 1. The van der Waals surface area contributed by atoms with E-state index in [1.165, 1.54) is 6.33 Å². The second kappa shape index (κ2) is 10.2. The number of aliphatic hydroxyl groups is 2. The largest absolute Gasteiger partial charge is 0.389 e. The molecule has 10 heteroatoms. The second-order valence-corrected chi connectivity index (χ2v) is 8.28. The molecule has 5 N–H and O–H groups in total. The van der Waals surface area contributed by atoms with Crippen molar-refractivity contribution in [1.82, 2.24) is 14.9 Å². The van der Waals surface area contributed by atoms with Gasteiger partial charge in [0.05, 0.1) is 12.6 Å². The van der Waals surface area contributed by atoms with E-state index in [4.69, 9.17) is 5.73 Å². The fourth-order valence-electron chi connectivity index (χ4n) is 3.79. The maximum Gasteiger partial charge on any atom is 0.231 e. The first-order chi connectivity index (χ1) is 15.2. The molecule has 1 saturated heterocycles. The van der Waals surface area contributed by atoms with Crippen LogP contribution in [0.2, 0.25) is 0 Å². The van der Waals surface area contributed by atoms with Gasteiger partial charge < -0.3 is 26.2 Å². The molecule has 2 atom stereocenters. The highest BCUT2D eigenvalue weighted by molar-refractivity contribution is 5.75. The van der Waals surface area contributed by atoms with E-state index in [1.807, 2.05) is 38.1 Å². The number of carbonyl (C=O) groups is 1. The standard InChI is InChI=1S/C22H31FN6O3/c1-3-29(10-16-6-4-15(2)5-7-16)21-19(23)20(26-14-27-21)25-13-22(32)8-9-28(11-17(22)30)12-18(24)31/h4-7,14,17,30,32H,3,8-13H2,1-2H3,(H2,24,31)(H,25,26,27)/t17-,22-/m1/s1. The number of piperidine rings is 1. The van der Waals surface area contributed by atoms with Gasteiger partial charge in [0.1, 0.15) is 11.9 Å². The number of hydrogen-bond acceptors (Lipinski definition) is 8. The molecule has 0 spiro atoms. The zero-order valence-electron chi connectivity index (χ0n) is 18.5. The smallest absolute Gasteiger partial charge is 0.231 e. The van der Waals surface area contributed by atoms with Gasteiger partial charge in [-0.05, 0) is 25.8 Å². The number of rotatable bonds is 9. The van der Waals surface area contributed by atoms with E-state index < -0.39 is 23.4 Å². The Labute approximate surface area is 187 Å². The summed E-state index contributed by atoms with van der Waals surface area (Å²) in [6, 6.07) is 8.01. The number of aryl methyl sites for hydroxylation is 1. The molecule has 1 aliphatic heterocycles. The van der Waals surface area contributed by atoms with Gasteiger partial charge in [-0.15, -0.1) is 0 Å². The molecule has 0 aliphatic carbocycles. The van der Waals surface area contributed by atoms with Crippen molar-refractivity contribution in [2.24, 2.45) is 5.73 Å². The Balaban J connectivity index is 1.68. The van der Waals surface area contributed by atoms with E-state index in [0.29, 0.717) is 19.6 Å². The highest BCUT2D eigenvalue weighted by Crippen LogP contribution is 2.26. The van der Waals surface area contributed by atoms with Gasteiger partial charge in [0.2, 0.25) is 11.7 Å². The third-order valence-corrected chi connectivity index (χ3v) is 5.80. The molecule has 2 heterocycles. The summed E-state index contributed by atoms with van der Waals surface area (Å²) < 4.78 is 15.2. The summed E-state index contributed by atoms with van der Waals surface area (Å²) in [5.74, 6) is -1.000. The monoisotopic (exact) mass is 446 g/mol. The number of nitrogens with two attached hydrogens (primary N) is 1. The van der Waals surface area contributed by atoms with Crippen molar-refractivity contribution in [2.45, 2.75) is 38.5 Å². The number of benzene rings is 1. The highest BCUT2D eigenvalue weighted by atomic mass is 19.1. The van der Waals surface area contributed by atoms with Crippen LogP contribution >= 0.6 is 0 Å². The van der Waals surface area contributed by atoms with Gasteiger partial charge >= 0.3 is 0 Å². The minimum Gasteiger partial charge on any atom is -0.389 e. The molecule has 0 bridgehead atoms. The van der Waals surface area contributed by atoms with E-state index in [-0.39, 0.29) is 37.7 Å². The van der Waals surface area contributed by atoms with Crippen LogP contribution in [0.3, 0.4) is 0 Å². The number of hydrogen-bond donors (Lipinski definition) is 4. The SMILES string of the molecule is CCN(Cc1ccc(C)cc1)c1ncnc(NC[C@]2(O)CCN(CC(N)=O)C[C@H]2O)c1F. The van der Waals surface area contributed by atoms with Crippen LogP contribution in [0.4, 0.5) is 16.0 Å². The van der Waals surface area contributed by atoms with Crippen molar-refractivity contribution in [3.8, 4) is 0 Å². The molecule has 1 amide bonds. The van der Waals surface area contributed by atoms with Crippen LogP contribution in [0.1, 0.15) is 24.5 Å². The molecule has 0 radical (unpaired) electrons. The molecule has 9 nitrogen and oxygen atoms in total. The van der Waals surface area contributed by atoms with Gasteiger partial charge in [0.15, 0.2) is 11.6 Å². The lowest BCUT2D eigenvalue weighted by molar-refractivity contribution is -0.127. The molecular weight excluding hydrogens is 415 g/mol. The molecule has 3 rings (SSSR count). The Morgan fingerprint density at radius 1 is 1.38 bits per heavy atom. The van der Waals surface area contributed by atoms with Crippen LogP contribution in [-0.2, 0) is 11.3 Å². The van der Waals surface area contributed by atoms with Crippen molar-refractivity contribution < 1.29 is 19.4 Å². The van der Waals surface area contributed by atoms with Gasteiger partial charge in [0.25, 0.3) is 0 Å². The van der Waals surface area contributed by atoms with Gasteiger partial charge in [-0.1, -0.05) is 29.8 Å². The van der Waals surface area contributed by atoms with Crippen LogP contribution in [-0.4, -0.2) is 75.4 Å². The van der Waals surface area contributed by atoms with Gasteiger partial charge in [-0.25, -0.2) is 9.97 Å². The third kappa shape index (κ3) is 5.70. The first kappa shape index (κ1) is 23.8. The minimum atomic E-state index is -1.49. The summed E-state index contributed by atoms with van der Waals surface area (Å²) in [6.07, 6.45) is 0.345. The number of primary amides is 1. The molecule has 0 saturated carbocycles. The quantitative estimate of drug-likeness (QED) is 0.442. The minimum absolute atomic E-state index is 0.0122. The molecule has 1 aliphatic rings. The maximum atomic E-state index is 15.2. The number of halogens is 1. The Bertz CT molecular complexity index is 928. The predicted molar refractivity (Wildman–Crippen MR) is 120 cm³/mol. The molecule has 2 aromatic rings. The second-order valence-electron chi connectivity index (χ2n) is 8.28. The predicted octanol–water partition coefficient (Wildman–Crippen LogP) is 0.646. The van der Waals surface area contributed by atoms with Gasteiger partial charge in [-0.2, -0.15) is 4.39 Å². The number of aliphatic hydroxyl groups excluding tert-OH is 1. The van der Waals surface area contributed by atoms with E-state index in [0.717, 1.165) is 11.1 Å². The number of amides is 1. The Morgan fingerprint density at radius 2 is 2.09 bits per heavy atom. The average molecular weight is 447 g/mol. The van der Waals surface area contributed by atoms with E-state index >= 15 is 4.39 Å². The number of aromatic nitrogens is 2. The van der Waals surface area contributed by atoms with E-state index in [2.05, 4.69) is 15.3 Å². The normalized spacial score (nSPS) is 21.3. The lowest BCUT2D eigenvalue weighted by Gasteiger charge is -2.41. The number of anilines is 2. The van der Waals surface area contributed by atoms with Gasteiger partial charge in [0, 0.05) is 32.7 Å². The summed E-state index contributed by atoms with van der Waals surface area (Å²) in [4.78, 5) is 22.7. The molecule has 0 unspecified atom stereocenters. The molecule has 1 fully saturated rings. The summed E-state index contributed by atoms with van der Waals surface area (Å²) in [5.41, 5.74) is 5.89. The van der Waals surface area contributed by atoms with Crippen molar-refractivity contribution in [1.29, 1.82) is 0 Å². The Hall–Kier alpha value is -2.82. The Kier molecular flexibility index (Phi) is 7.60. The first-order valence-corrected chi connectivity index (χ1v) is 10.7. The number of β-amino-alcohol motifs (C(OH)–C–C–N with tert-alkyl or cyclic N) is 1. The molecule has 1 aromatic heterocycles. The Morgan fingerprint density at radius 3 is 2.72 bits per heavy atom. The van der Waals surface area contributed by atoms with Crippen molar-refractivity contribution >= 4 is 17.5 Å². The van der Waals surface area contributed by atoms with Gasteiger partial charge in [-0.3, -0.25) is 9.69 Å². The van der Waals surface area contributed by atoms with E-state index in [1.54, 1.807) is 9.80 Å². The molecule has 32 heavy (non-hydrogen) atoms. The molecule has 174 valence electrons. The first-order valence-electron chi connectivity index (χ1n) is 10.7. The van der Waals surface area contributed by atoms with Crippen LogP contribution in [0, 0.1) is 12.7 Å². The van der Waals surface area contributed by atoms with Crippen molar-refractivity contribution in [3.63, 3.8) is 0 Å². The fourth-order valence-corrected chi connectivity index (χ4v) is 3.79. The van der Waals surface area contributed by atoms with E-state index in [9.17, 15) is 15.0 Å². The summed E-state index contributed by atoms with van der Waals surface area (Å²) >= 11 is 0. The summed E-state index contributed by atoms with van der Waals surface area (Å²) in [7, 11) is 0. The van der Waals surface area contributed by atoms with Crippen LogP contribution in [0.5, 0.6) is 0 Å². The molecule has 1 aromatic carbocycles. The highest BCUT2D eigenvalue weighted by Gasteiger charge is 2.41. The zero-order valence-corrected chi connectivity index (χ0v) is 18.5. The number of carbonyl (C=O) groups excluding carboxylic acids is 1. The van der Waals surface area contributed by atoms with Crippen LogP contribution < -0.4 is 16.0 Å². The van der Waals surface area contributed by atoms with Crippen LogP contribution in [0.25, 0.3) is 0 Å². The summed E-state index contributed by atoms with van der Waals surface area (Å²) in [5, 5.41) is 24.1. The fraction of sp³-hybridized carbons (Fsp3) is 0.500. The lowest BCUT2D eigenvalue weighted by Crippen LogP contribution is -2.59. The lowest BCUT2D eigenvalue weighted by atomic mass is 9.88. The van der Waals surface area contributed by atoms with Crippen molar-refractivity contribution in [3.05, 3.63) is 47.5 Å². The summed E-state index contributed by atoms with van der Waals surface area (Å²) in [6.45, 7) is 5.35. The average Bonchev–Trinajstić information content (AvgIpc) is 2.75. The zero-order chi connectivity index (χ0) is 23.3.